The van der Waals surface area contributed by atoms with Gasteiger partial charge in [-0.15, -0.1) is 0 Å². The second-order valence-corrected chi connectivity index (χ2v) is 6.40. The van der Waals surface area contributed by atoms with Gasteiger partial charge in [-0.05, 0) is 17.7 Å². The number of sulfonamides is 1. The number of halogens is 3. The summed E-state index contributed by atoms with van der Waals surface area (Å²) >= 11 is 11.2. The van der Waals surface area contributed by atoms with E-state index < -0.39 is 21.6 Å². The SMILES string of the molecule is CN(CC#N)S(=O)(=O)Cc1cc(F)c(Cl)c(Cl)c1. The summed E-state index contributed by atoms with van der Waals surface area (Å²) in [4.78, 5) is 0. The quantitative estimate of drug-likeness (QED) is 0.634. The molecule has 0 fully saturated rings. The number of nitriles is 1. The predicted molar refractivity (Wildman–Crippen MR) is 67.3 cm³/mol. The summed E-state index contributed by atoms with van der Waals surface area (Å²) in [6.45, 7) is -0.272. The van der Waals surface area contributed by atoms with Crippen molar-refractivity contribution in [3.63, 3.8) is 0 Å². The second kappa shape index (κ2) is 5.85. The van der Waals surface area contributed by atoms with Gasteiger partial charge in [0, 0.05) is 7.05 Å². The Labute approximate surface area is 115 Å². The van der Waals surface area contributed by atoms with E-state index in [2.05, 4.69) is 0 Å². The number of nitrogens with zero attached hydrogens (tertiary/aromatic N) is 2. The van der Waals surface area contributed by atoms with Crippen LogP contribution in [0.3, 0.4) is 0 Å². The van der Waals surface area contributed by atoms with Crippen molar-refractivity contribution in [2.24, 2.45) is 0 Å². The predicted octanol–water partition coefficient (Wildman–Crippen LogP) is 2.42. The maximum absolute atomic E-state index is 13.3. The van der Waals surface area contributed by atoms with E-state index in [9.17, 15) is 12.8 Å². The zero-order chi connectivity index (χ0) is 13.9. The van der Waals surface area contributed by atoms with Gasteiger partial charge in [0.25, 0.3) is 0 Å². The number of hydrogen-bond acceptors (Lipinski definition) is 3. The summed E-state index contributed by atoms with van der Waals surface area (Å²) in [5.41, 5.74) is 0.173. The first-order chi connectivity index (χ1) is 8.27. The Morgan fingerprint density at radius 2 is 2.06 bits per heavy atom. The van der Waals surface area contributed by atoms with Gasteiger partial charge in [-0.3, -0.25) is 0 Å². The third kappa shape index (κ3) is 3.56. The lowest BCUT2D eigenvalue weighted by Gasteiger charge is -2.13. The highest BCUT2D eigenvalue weighted by Crippen LogP contribution is 2.27. The van der Waals surface area contributed by atoms with Crippen molar-refractivity contribution in [1.82, 2.24) is 4.31 Å². The molecule has 0 aliphatic rings. The zero-order valence-corrected chi connectivity index (χ0v) is 11.7. The van der Waals surface area contributed by atoms with Crippen LogP contribution in [-0.2, 0) is 15.8 Å². The van der Waals surface area contributed by atoms with E-state index in [1.54, 1.807) is 6.07 Å². The summed E-state index contributed by atoms with van der Waals surface area (Å²) in [5.74, 6) is -1.23. The van der Waals surface area contributed by atoms with E-state index in [4.69, 9.17) is 28.5 Å². The van der Waals surface area contributed by atoms with Crippen molar-refractivity contribution in [3.05, 3.63) is 33.6 Å². The fourth-order valence-corrected chi connectivity index (χ4v) is 2.61. The molecule has 1 aromatic rings. The number of rotatable bonds is 4. The normalized spacial score (nSPS) is 11.6. The fourth-order valence-electron chi connectivity index (χ4n) is 1.21. The van der Waals surface area contributed by atoms with Gasteiger partial charge in [0.2, 0.25) is 10.0 Å². The van der Waals surface area contributed by atoms with Crippen LogP contribution >= 0.6 is 23.2 Å². The first-order valence-electron chi connectivity index (χ1n) is 4.72. The van der Waals surface area contributed by atoms with Crippen LogP contribution in [0.15, 0.2) is 12.1 Å². The van der Waals surface area contributed by atoms with Gasteiger partial charge in [0.05, 0.1) is 21.9 Å². The molecule has 1 rings (SSSR count). The van der Waals surface area contributed by atoms with Crippen molar-refractivity contribution in [2.75, 3.05) is 13.6 Å². The highest BCUT2D eigenvalue weighted by molar-refractivity contribution is 7.88. The molecule has 0 spiro atoms. The molecule has 0 unspecified atom stereocenters. The molecule has 0 saturated carbocycles. The largest absolute Gasteiger partial charge is 0.218 e. The van der Waals surface area contributed by atoms with Gasteiger partial charge in [-0.25, -0.2) is 12.8 Å². The third-order valence-corrected chi connectivity index (χ3v) is 4.72. The van der Waals surface area contributed by atoms with Gasteiger partial charge in [-0.1, -0.05) is 23.2 Å². The van der Waals surface area contributed by atoms with Gasteiger partial charge < -0.3 is 0 Å². The topological polar surface area (TPSA) is 61.2 Å². The maximum Gasteiger partial charge on any atom is 0.218 e. The molecule has 8 heteroatoms. The summed E-state index contributed by atoms with van der Waals surface area (Å²) in [6.07, 6.45) is 0. The van der Waals surface area contributed by atoms with Gasteiger partial charge in [-0.2, -0.15) is 9.57 Å². The van der Waals surface area contributed by atoms with Crippen molar-refractivity contribution in [1.29, 1.82) is 5.26 Å². The molecule has 0 saturated heterocycles. The van der Waals surface area contributed by atoms with Gasteiger partial charge >= 0.3 is 0 Å². The molecule has 4 nitrogen and oxygen atoms in total. The molecule has 0 amide bonds. The summed E-state index contributed by atoms with van der Waals surface area (Å²) in [6, 6.07) is 4.01. The molecule has 98 valence electrons. The second-order valence-electron chi connectivity index (χ2n) is 3.54. The molecule has 1 aromatic carbocycles. The minimum atomic E-state index is -3.68. The van der Waals surface area contributed by atoms with Crippen LogP contribution in [0.4, 0.5) is 4.39 Å². The van der Waals surface area contributed by atoms with Crippen LogP contribution in [0, 0.1) is 17.1 Å². The standard InChI is InChI=1S/C10H9Cl2FN2O2S/c1-15(3-2-14)18(16,17)6-7-4-8(11)10(12)9(13)5-7/h4-5H,3,6H2,1H3. The fraction of sp³-hybridized carbons (Fsp3) is 0.300. The Kier molecular flexibility index (Phi) is 4.93. The van der Waals surface area contributed by atoms with Crippen molar-refractivity contribution in [3.8, 4) is 6.07 Å². The van der Waals surface area contributed by atoms with Crippen LogP contribution in [0.25, 0.3) is 0 Å². The smallest absolute Gasteiger partial charge is 0.212 e. The molecular weight excluding hydrogens is 302 g/mol. The van der Waals surface area contributed by atoms with E-state index in [0.29, 0.717) is 0 Å². The lowest BCUT2D eigenvalue weighted by atomic mass is 10.2. The molecule has 0 atom stereocenters. The van der Waals surface area contributed by atoms with Crippen LogP contribution in [0.2, 0.25) is 10.0 Å². The monoisotopic (exact) mass is 310 g/mol. The Morgan fingerprint density at radius 3 is 2.56 bits per heavy atom. The van der Waals surface area contributed by atoms with Crippen LogP contribution < -0.4 is 0 Å². The molecule has 18 heavy (non-hydrogen) atoms. The van der Waals surface area contributed by atoms with E-state index in [1.165, 1.54) is 13.1 Å². The average molecular weight is 311 g/mol. The highest BCUT2D eigenvalue weighted by Gasteiger charge is 2.19. The van der Waals surface area contributed by atoms with Gasteiger partial charge in [0.1, 0.15) is 12.4 Å². The zero-order valence-electron chi connectivity index (χ0n) is 9.32. The Hall–Kier alpha value is -0.870. The number of benzene rings is 1. The van der Waals surface area contributed by atoms with E-state index in [1.807, 2.05) is 0 Å². The van der Waals surface area contributed by atoms with Crippen molar-refractivity contribution < 1.29 is 12.8 Å². The molecule has 0 aromatic heterocycles. The Morgan fingerprint density at radius 1 is 1.44 bits per heavy atom. The summed E-state index contributed by atoms with van der Waals surface area (Å²) < 4.78 is 37.7. The Bertz CT molecular complexity index is 575. The minimum absolute atomic E-state index is 0.0511. The molecule has 0 bridgehead atoms. The molecule has 0 aliphatic carbocycles. The van der Waals surface area contributed by atoms with Crippen LogP contribution in [-0.4, -0.2) is 26.3 Å². The van der Waals surface area contributed by atoms with Crippen LogP contribution in [0.1, 0.15) is 5.56 Å². The first-order valence-corrected chi connectivity index (χ1v) is 7.09. The summed E-state index contributed by atoms with van der Waals surface area (Å²) in [7, 11) is -2.41. The van der Waals surface area contributed by atoms with Gasteiger partial charge in [0.15, 0.2) is 0 Å². The molecule has 0 aliphatic heterocycles. The highest BCUT2D eigenvalue weighted by atomic mass is 35.5. The first kappa shape index (κ1) is 15.2. The number of hydrogen-bond donors (Lipinski definition) is 0. The van der Waals surface area contributed by atoms with E-state index in [-0.39, 0.29) is 22.2 Å². The van der Waals surface area contributed by atoms with E-state index >= 15 is 0 Å². The molecule has 0 N–H and O–H groups in total. The molecule has 0 heterocycles. The van der Waals surface area contributed by atoms with Crippen molar-refractivity contribution in [2.45, 2.75) is 5.75 Å². The minimum Gasteiger partial charge on any atom is -0.212 e. The molecular formula is C10H9Cl2FN2O2S. The van der Waals surface area contributed by atoms with E-state index in [0.717, 1.165) is 10.4 Å². The lowest BCUT2D eigenvalue weighted by molar-refractivity contribution is 0.500. The Balaban J connectivity index is 3.02. The maximum atomic E-state index is 13.3. The van der Waals surface area contributed by atoms with Crippen LogP contribution in [0.5, 0.6) is 0 Å². The third-order valence-electron chi connectivity index (χ3n) is 2.16. The summed E-state index contributed by atoms with van der Waals surface area (Å²) in [5, 5.41) is 8.14. The van der Waals surface area contributed by atoms with Crippen molar-refractivity contribution >= 4 is 33.2 Å². The molecule has 0 radical (unpaired) electrons. The lowest BCUT2D eigenvalue weighted by Crippen LogP contribution is -2.28. The average Bonchev–Trinajstić information content (AvgIpc) is 2.25.